The fraction of sp³-hybridized carbons (Fsp3) is 0.286. The summed E-state index contributed by atoms with van der Waals surface area (Å²) >= 11 is 3.33. The van der Waals surface area contributed by atoms with Crippen LogP contribution in [0.3, 0.4) is 0 Å². The highest BCUT2D eigenvalue weighted by molar-refractivity contribution is 9.10. The van der Waals surface area contributed by atoms with Crippen molar-refractivity contribution < 1.29 is 9.18 Å². The van der Waals surface area contributed by atoms with Crippen molar-refractivity contribution >= 4 is 21.7 Å². The Labute approximate surface area is 119 Å². The lowest BCUT2D eigenvalue weighted by Gasteiger charge is -2.08. The summed E-state index contributed by atoms with van der Waals surface area (Å²) in [6, 6.07) is 4.23. The van der Waals surface area contributed by atoms with E-state index in [-0.39, 0.29) is 5.78 Å². The Bertz CT molecular complexity index is 622. The van der Waals surface area contributed by atoms with Crippen LogP contribution in [0, 0.1) is 12.7 Å². The molecule has 2 aromatic rings. The minimum absolute atomic E-state index is 0.213. The Morgan fingerprint density at radius 1 is 1.47 bits per heavy atom. The molecule has 0 aliphatic heterocycles. The van der Waals surface area contributed by atoms with Crippen molar-refractivity contribution in [2.75, 3.05) is 0 Å². The Kier molecular flexibility index (Phi) is 4.14. The third kappa shape index (κ3) is 2.76. The summed E-state index contributed by atoms with van der Waals surface area (Å²) in [4.78, 5) is 12.5. The van der Waals surface area contributed by atoms with Gasteiger partial charge in [-0.3, -0.25) is 9.48 Å². The summed E-state index contributed by atoms with van der Waals surface area (Å²) in [5.41, 5.74) is 1.59. The Morgan fingerprint density at radius 2 is 2.21 bits per heavy atom. The van der Waals surface area contributed by atoms with Crippen molar-refractivity contribution in [2.45, 2.75) is 26.8 Å². The molecule has 3 nitrogen and oxygen atoms in total. The van der Waals surface area contributed by atoms with Crippen molar-refractivity contribution in [3.8, 4) is 0 Å². The first-order valence-electron chi connectivity index (χ1n) is 6.06. The molecule has 0 saturated heterocycles. The van der Waals surface area contributed by atoms with Crippen molar-refractivity contribution in [1.29, 1.82) is 0 Å². The zero-order chi connectivity index (χ0) is 14.0. The van der Waals surface area contributed by atoms with Crippen molar-refractivity contribution in [2.24, 2.45) is 0 Å². The molecule has 0 spiro atoms. The Balaban J connectivity index is 2.49. The predicted molar refractivity (Wildman–Crippen MR) is 74.8 cm³/mol. The third-order valence-corrected chi connectivity index (χ3v) is 3.47. The summed E-state index contributed by atoms with van der Waals surface area (Å²) in [6.07, 6.45) is 2.47. The van der Waals surface area contributed by atoms with E-state index in [4.69, 9.17) is 0 Å². The molecule has 1 aromatic heterocycles. The van der Waals surface area contributed by atoms with Gasteiger partial charge in [-0.05, 0) is 47.0 Å². The maximum Gasteiger partial charge on any atom is 0.212 e. The van der Waals surface area contributed by atoms with E-state index in [0.717, 1.165) is 12.0 Å². The van der Waals surface area contributed by atoms with Crippen LogP contribution < -0.4 is 0 Å². The second-order valence-electron chi connectivity index (χ2n) is 4.35. The van der Waals surface area contributed by atoms with E-state index in [1.54, 1.807) is 23.9 Å². The molecule has 2 rings (SSSR count). The Hall–Kier alpha value is -1.49. The van der Waals surface area contributed by atoms with E-state index >= 15 is 0 Å². The van der Waals surface area contributed by atoms with Gasteiger partial charge in [0.25, 0.3) is 0 Å². The van der Waals surface area contributed by atoms with Gasteiger partial charge >= 0.3 is 0 Å². The van der Waals surface area contributed by atoms with Gasteiger partial charge in [0.15, 0.2) is 0 Å². The SMILES string of the molecule is CCCn1ncc(Br)c1C(=O)c1cc(F)ccc1C. The van der Waals surface area contributed by atoms with E-state index in [9.17, 15) is 9.18 Å². The fourth-order valence-electron chi connectivity index (χ4n) is 1.94. The first-order valence-corrected chi connectivity index (χ1v) is 6.86. The monoisotopic (exact) mass is 324 g/mol. The van der Waals surface area contributed by atoms with Crippen LogP contribution in [-0.4, -0.2) is 15.6 Å². The van der Waals surface area contributed by atoms with Crippen LogP contribution in [0.25, 0.3) is 0 Å². The first-order chi connectivity index (χ1) is 9.04. The smallest absolute Gasteiger partial charge is 0.212 e. The number of aromatic nitrogens is 2. The molecule has 0 fully saturated rings. The summed E-state index contributed by atoms with van der Waals surface area (Å²) in [7, 11) is 0. The van der Waals surface area contributed by atoms with E-state index in [1.807, 2.05) is 6.92 Å². The van der Waals surface area contributed by atoms with E-state index in [1.165, 1.54) is 12.1 Å². The number of hydrogen-bond donors (Lipinski definition) is 0. The number of rotatable bonds is 4. The average molecular weight is 325 g/mol. The second kappa shape index (κ2) is 5.65. The number of ketones is 1. The lowest BCUT2D eigenvalue weighted by molar-refractivity contribution is 0.102. The molecule has 0 N–H and O–H groups in total. The first kappa shape index (κ1) is 13.9. The molecule has 0 amide bonds. The molecule has 1 aromatic carbocycles. The topological polar surface area (TPSA) is 34.9 Å². The van der Waals surface area contributed by atoms with Gasteiger partial charge in [-0.1, -0.05) is 13.0 Å². The zero-order valence-corrected chi connectivity index (χ0v) is 12.4. The minimum atomic E-state index is -0.411. The van der Waals surface area contributed by atoms with Gasteiger partial charge in [-0.2, -0.15) is 5.10 Å². The van der Waals surface area contributed by atoms with Gasteiger partial charge in [0.05, 0.1) is 10.7 Å². The van der Waals surface area contributed by atoms with Crippen LogP contribution in [0.4, 0.5) is 4.39 Å². The number of halogens is 2. The fourth-order valence-corrected chi connectivity index (χ4v) is 2.41. The molecule has 1 heterocycles. The summed E-state index contributed by atoms with van der Waals surface area (Å²) in [5.74, 6) is -0.624. The predicted octanol–water partition coefficient (Wildman–Crippen LogP) is 3.73. The standard InChI is InChI=1S/C14H14BrFN2O/c1-3-6-18-13(12(15)8-17-18)14(19)11-7-10(16)5-4-9(11)2/h4-5,7-8H,3,6H2,1-2H3. The van der Waals surface area contributed by atoms with Crippen LogP contribution >= 0.6 is 15.9 Å². The Morgan fingerprint density at radius 3 is 2.89 bits per heavy atom. The highest BCUT2D eigenvalue weighted by Gasteiger charge is 2.20. The maximum atomic E-state index is 13.3. The molecular formula is C14H14BrFN2O. The second-order valence-corrected chi connectivity index (χ2v) is 5.21. The molecule has 0 aliphatic rings. The van der Waals surface area contributed by atoms with Crippen LogP contribution in [0.2, 0.25) is 0 Å². The summed E-state index contributed by atoms with van der Waals surface area (Å²) in [6.45, 7) is 4.46. The highest BCUT2D eigenvalue weighted by Crippen LogP contribution is 2.22. The van der Waals surface area contributed by atoms with Crippen molar-refractivity contribution in [1.82, 2.24) is 9.78 Å². The molecule has 0 saturated carbocycles. The van der Waals surface area contributed by atoms with Gasteiger partial charge in [0.2, 0.25) is 5.78 Å². The molecular weight excluding hydrogens is 311 g/mol. The van der Waals surface area contributed by atoms with Crippen LogP contribution in [0.5, 0.6) is 0 Å². The summed E-state index contributed by atoms with van der Waals surface area (Å²) in [5, 5.41) is 4.16. The molecule has 0 unspecified atom stereocenters. The molecule has 100 valence electrons. The largest absolute Gasteiger partial charge is 0.287 e. The van der Waals surface area contributed by atoms with Gasteiger partial charge in [-0.25, -0.2) is 4.39 Å². The van der Waals surface area contributed by atoms with Gasteiger partial charge in [-0.15, -0.1) is 0 Å². The highest BCUT2D eigenvalue weighted by atomic mass is 79.9. The summed E-state index contributed by atoms with van der Waals surface area (Å²) < 4.78 is 15.6. The molecule has 0 atom stereocenters. The lowest BCUT2D eigenvalue weighted by atomic mass is 10.0. The van der Waals surface area contributed by atoms with Crippen LogP contribution in [0.15, 0.2) is 28.9 Å². The van der Waals surface area contributed by atoms with Crippen LogP contribution in [-0.2, 0) is 6.54 Å². The van der Waals surface area contributed by atoms with Crippen molar-refractivity contribution in [3.63, 3.8) is 0 Å². The maximum absolute atomic E-state index is 13.3. The number of hydrogen-bond acceptors (Lipinski definition) is 2. The number of carbonyl (C=O) groups is 1. The molecule has 0 aliphatic carbocycles. The van der Waals surface area contributed by atoms with Crippen molar-refractivity contribution in [3.05, 3.63) is 51.5 Å². The average Bonchev–Trinajstić information content (AvgIpc) is 2.73. The van der Waals surface area contributed by atoms with Gasteiger partial charge in [0, 0.05) is 12.1 Å². The minimum Gasteiger partial charge on any atom is -0.287 e. The van der Waals surface area contributed by atoms with E-state index in [2.05, 4.69) is 21.0 Å². The number of nitrogens with zero attached hydrogens (tertiary/aromatic N) is 2. The quantitative estimate of drug-likeness (QED) is 0.803. The number of aryl methyl sites for hydroxylation is 2. The van der Waals surface area contributed by atoms with E-state index < -0.39 is 5.82 Å². The molecule has 0 bridgehead atoms. The van der Waals surface area contributed by atoms with Crippen LogP contribution in [0.1, 0.15) is 35.0 Å². The number of benzene rings is 1. The molecule has 0 radical (unpaired) electrons. The lowest BCUT2D eigenvalue weighted by Crippen LogP contribution is -2.13. The third-order valence-electron chi connectivity index (χ3n) is 2.89. The molecule has 5 heteroatoms. The molecule has 19 heavy (non-hydrogen) atoms. The zero-order valence-electron chi connectivity index (χ0n) is 10.8. The van der Waals surface area contributed by atoms with Gasteiger partial charge < -0.3 is 0 Å². The van der Waals surface area contributed by atoms with Gasteiger partial charge in [0.1, 0.15) is 11.5 Å². The van der Waals surface area contributed by atoms with E-state index in [0.29, 0.717) is 22.3 Å². The number of carbonyl (C=O) groups excluding carboxylic acids is 1. The normalized spacial score (nSPS) is 10.7.